The van der Waals surface area contributed by atoms with Crippen molar-refractivity contribution in [2.24, 2.45) is 0 Å². The number of rotatable bonds is 4. The van der Waals surface area contributed by atoms with Gasteiger partial charge in [0.1, 0.15) is 5.75 Å². The first kappa shape index (κ1) is 12.2. The van der Waals surface area contributed by atoms with Gasteiger partial charge >= 0.3 is 0 Å². The Morgan fingerprint density at radius 1 is 1.26 bits per heavy atom. The molecule has 2 heterocycles. The van der Waals surface area contributed by atoms with Gasteiger partial charge in [-0.15, -0.1) is 0 Å². The molecule has 0 fully saturated rings. The average Bonchev–Trinajstić information content (AvgIpc) is 2.90. The van der Waals surface area contributed by atoms with E-state index in [4.69, 9.17) is 4.74 Å². The van der Waals surface area contributed by atoms with E-state index in [1.165, 1.54) is 11.1 Å². The summed E-state index contributed by atoms with van der Waals surface area (Å²) in [6.07, 6.45) is 4.68. The Morgan fingerprint density at radius 3 is 2.84 bits per heavy atom. The van der Waals surface area contributed by atoms with Gasteiger partial charge in [-0.1, -0.05) is 18.2 Å². The third-order valence-corrected chi connectivity index (χ3v) is 3.80. The van der Waals surface area contributed by atoms with Crippen molar-refractivity contribution in [3.05, 3.63) is 59.9 Å². The van der Waals surface area contributed by atoms with E-state index in [0.717, 1.165) is 18.8 Å². The molecule has 2 atom stereocenters. The second kappa shape index (κ2) is 5.41. The summed E-state index contributed by atoms with van der Waals surface area (Å²) in [4.78, 5) is 4.07. The number of aromatic nitrogens is 1. The summed E-state index contributed by atoms with van der Waals surface area (Å²) in [6, 6.07) is 12.9. The second-order valence-electron chi connectivity index (χ2n) is 4.91. The first-order chi connectivity index (χ1) is 9.38. The maximum atomic E-state index is 5.78. The van der Waals surface area contributed by atoms with E-state index in [9.17, 15) is 0 Å². The van der Waals surface area contributed by atoms with Gasteiger partial charge < -0.3 is 10.1 Å². The van der Waals surface area contributed by atoms with Gasteiger partial charge in [-0.25, -0.2) is 0 Å². The van der Waals surface area contributed by atoms with Crippen molar-refractivity contribution in [2.75, 3.05) is 13.7 Å². The molecule has 1 aliphatic heterocycles. The van der Waals surface area contributed by atoms with Crippen molar-refractivity contribution >= 4 is 0 Å². The van der Waals surface area contributed by atoms with Gasteiger partial charge in [0.25, 0.3) is 0 Å². The zero-order valence-corrected chi connectivity index (χ0v) is 11.0. The molecule has 0 aliphatic carbocycles. The fraction of sp³-hybridized carbons (Fsp3) is 0.312. The normalized spacial score (nSPS) is 18.7. The van der Waals surface area contributed by atoms with Gasteiger partial charge in [0.05, 0.1) is 6.61 Å². The topological polar surface area (TPSA) is 34.2 Å². The first-order valence-corrected chi connectivity index (χ1v) is 6.66. The van der Waals surface area contributed by atoms with E-state index in [1.807, 2.05) is 25.5 Å². The van der Waals surface area contributed by atoms with Crippen LogP contribution in [0.3, 0.4) is 0 Å². The number of nitrogens with zero attached hydrogens (tertiary/aromatic N) is 1. The Morgan fingerprint density at radius 2 is 2.05 bits per heavy atom. The molecule has 0 saturated heterocycles. The van der Waals surface area contributed by atoms with Crippen LogP contribution in [0.15, 0.2) is 48.8 Å². The number of hydrogen-bond donors (Lipinski definition) is 1. The third kappa shape index (κ3) is 2.47. The molecule has 2 aromatic rings. The fourth-order valence-electron chi connectivity index (χ4n) is 2.74. The van der Waals surface area contributed by atoms with Crippen LogP contribution in [0.2, 0.25) is 0 Å². The second-order valence-corrected chi connectivity index (χ2v) is 4.91. The molecule has 0 spiro atoms. The number of likely N-dealkylation sites (N-methyl/N-ethyl adjacent to an activating group) is 1. The van der Waals surface area contributed by atoms with Crippen LogP contribution in [0.25, 0.3) is 0 Å². The summed E-state index contributed by atoms with van der Waals surface area (Å²) in [5, 5.41) is 3.43. The van der Waals surface area contributed by atoms with Crippen LogP contribution in [0.1, 0.15) is 17.0 Å². The Hall–Kier alpha value is -1.87. The monoisotopic (exact) mass is 254 g/mol. The third-order valence-electron chi connectivity index (χ3n) is 3.80. The molecule has 19 heavy (non-hydrogen) atoms. The molecule has 0 radical (unpaired) electrons. The highest BCUT2D eigenvalue weighted by molar-refractivity contribution is 5.40. The first-order valence-electron chi connectivity index (χ1n) is 6.66. The van der Waals surface area contributed by atoms with Gasteiger partial charge in [0.15, 0.2) is 0 Å². The molecule has 1 aromatic heterocycles. The number of hydrogen-bond acceptors (Lipinski definition) is 3. The van der Waals surface area contributed by atoms with Gasteiger partial charge in [-0.2, -0.15) is 0 Å². The Bertz CT molecular complexity index is 541. The van der Waals surface area contributed by atoms with Crippen LogP contribution >= 0.6 is 0 Å². The molecule has 2 unspecified atom stereocenters. The summed E-state index contributed by atoms with van der Waals surface area (Å²) in [7, 11) is 2.02. The predicted octanol–water partition coefficient (Wildman–Crippen LogP) is 2.39. The lowest BCUT2D eigenvalue weighted by Gasteiger charge is -2.22. The minimum absolute atomic E-state index is 0.381. The SMILES string of the molecule is CNC(Cc1ccncc1)C1COc2ccccc21. The number of para-hydroxylation sites is 1. The van der Waals surface area contributed by atoms with Crippen LogP contribution < -0.4 is 10.1 Å². The van der Waals surface area contributed by atoms with E-state index < -0.39 is 0 Å². The zero-order valence-electron chi connectivity index (χ0n) is 11.0. The molecule has 98 valence electrons. The van der Waals surface area contributed by atoms with Crippen molar-refractivity contribution in [2.45, 2.75) is 18.4 Å². The smallest absolute Gasteiger partial charge is 0.122 e. The lowest BCUT2D eigenvalue weighted by Crippen LogP contribution is -2.35. The maximum Gasteiger partial charge on any atom is 0.122 e. The number of pyridine rings is 1. The molecule has 3 heteroatoms. The summed E-state index contributed by atoms with van der Waals surface area (Å²) in [5.74, 6) is 1.44. The molecule has 1 aliphatic rings. The van der Waals surface area contributed by atoms with E-state index in [1.54, 1.807) is 0 Å². The Kier molecular flexibility index (Phi) is 3.47. The highest BCUT2D eigenvalue weighted by Crippen LogP contribution is 2.36. The van der Waals surface area contributed by atoms with Crippen LogP contribution in [0, 0.1) is 0 Å². The van der Waals surface area contributed by atoms with Crippen molar-refractivity contribution in [3.63, 3.8) is 0 Å². The lowest BCUT2D eigenvalue weighted by atomic mass is 9.89. The van der Waals surface area contributed by atoms with E-state index in [-0.39, 0.29) is 0 Å². The van der Waals surface area contributed by atoms with Gasteiger partial charge in [-0.3, -0.25) is 4.98 Å². The molecule has 1 aromatic carbocycles. The molecule has 3 nitrogen and oxygen atoms in total. The van der Waals surface area contributed by atoms with Crippen molar-refractivity contribution in [3.8, 4) is 5.75 Å². The van der Waals surface area contributed by atoms with Crippen LogP contribution in [0.4, 0.5) is 0 Å². The van der Waals surface area contributed by atoms with E-state index in [2.05, 4.69) is 40.6 Å². The van der Waals surface area contributed by atoms with Gasteiger partial charge in [-0.05, 0) is 37.2 Å². The van der Waals surface area contributed by atoms with Crippen molar-refractivity contribution < 1.29 is 4.74 Å². The predicted molar refractivity (Wildman–Crippen MR) is 75.5 cm³/mol. The molecule has 1 N–H and O–H groups in total. The van der Waals surface area contributed by atoms with Gasteiger partial charge in [0.2, 0.25) is 0 Å². The van der Waals surface area contributed by atoms with Crippen molar-refractivity contribution in [1.29, 1.82) is 0 Å². The van der Waals surface area contributed by atoms with E-state index >= 15 is 0 Å². The lowest BCUT2D eigenvalue weighted by molar-refractivity contribution is 0.302. The number of nitrogens with one attached hydrogen (secondary N) is 1. The van der Waals surface area contributed by atoms with Crippen LogP contribution in [-0.2, 0) is 6.42 Å². The highest BCUT2D eigenvalue weighted by atomic mass is 16.5. The molecular formula is C16H18N2O. The zero-order chi connectivity index (χ0) is 13.1. The largest absolute Gasteiger partial charge is 0.493 e. The molecular weight excluding hydrogens is 236 g/mol. The summed E-state index contributed by atoms with van der Waals surface area (Å²) in [5.41, 5.74) is 2.62. The van der Waals surface area contributed by atoms with Crippen LogP contribution in [0.5, 0.6) is 5.75 Å². The average molecular weight is 254 g/mol. The Balaban J connectivity index is 1.81. The quantitative estimate of drug-likeness (QED) is 0.909. The van der Waals surface area contributed by atoms with E-state index in [0.29, 0.717) is 12.0 Å². The molecule has 0 bridgehead atoms. The fourth-order valence-corrected chi connectivity index (χ4v) is 2.74. The Labute approximate surface area is 113 Å². The minimum atomic E-state index is 0.381. The summed E-state index contributed by atoms with van der Waals surface area (Å²) in [6.45, 7) is 0.760. The number of benzene rings is 1. The molecule has 0 amide bonds. The number of fused-ring (bicyclic) bond motifs is 1. The van der Waals surface area contributed by atoms with Crippen molar-refractivity contribution in [1.82, 2.24) is 10.3 Å². The number of ether oxygens (including phenoxy) is 1. The molecule has 0 saturated carbocycles. The van der Waals surface area contributed by atoms with Gasteiger partial charge in [0, 0.05) is 29.9 Å². The highest BCUT2D eigenvalue weighted by Gasteiger charge is 2.30. The maximum absolute atomic E-state index is 5.78. The standard InChI is InChI=1S/C16H18N2O/c1-17-15(10-12-6-8-18-9-7-12)14-11-19-16-5-3-2-4-13(14)16/h2-9,14-15,17H,10-11H2,1H3. The summed E-state index contributed by atoms with van der Waals surface area (Å²) < 4.78 is 5.78. The van der Waals surface area contributed by atoms with Crippen LogP contribution in [-0.4, -0.2) is 24.7 Å². The minimum Gasteiger partial charge on any atom is -0.493 e. The summed E-state index contributed by atoms with van der Waals surface area (Å²) >= 11 is 0. The molecule has 3 rings (SSSR count).